The zero-order valence-corrected chi connectivity index (χ0v) is 20.1. The normalized spacial score (nSPS) is 24.7. The molecule has 30 heavy (non-hydrogen) atoms. The van der Waals surface area contributed by atoms with Gasteiger partial charge in [-0.1, -0.05) is 13.8 Å². The molecule has 0 bridgehead atoms. The van der Waals surface area contributed by atoms with Crippen molar-refractivity contribution in [3.05, 3.63) is 21.3 Å². The Kier molecular flexibility index (Phi) is 6.04. The minimum atomic E-state index is -0.637. The number of hydrogen-bond donors (Lipinski definition) is 2. The molecule has 0 saturated carbocycles. The van der Waals surface area contributed by atoms with Crippen LogP contribution < -0.4 is 20.5 Å². The highest BCUT2D eigenvalue weighted by Gasteiger charge is 2.48. The minimum absolute atomic E-state index is 0.269. The van der Waals surface area contributed by atoms with Crippen molar-refractivity contribution in [3.63, 3.8) is 0 Å². The largest absolute Gasteiger partial charge is 0.454 e. The van der Waals surface area contributed by atoms with Crippen LogP contribution in [0.2, 0.25) is 0 Å². The van der Waals surface area contributed by atoms with E-state index in [9.17, 15) is 0 Å². The molecule has 3 heterocycles. The highest BCUT2D eigenvalue weighted by molar-refractivity contribution is 14.1. The molecule has 1 aromatic carbocycles. The van der Waals surface area contributed by atoms with Gasteiger partial charge in [-0.05, 0) is 67.1 Å². The lowest BCUT2D eigenvalue weighted by Crippen LogP contribution is -2.54. The molecule has 2 unspecified atom stereocenters. The molecule has 0 saturated heterocycles. The lowest BCUT2D eigenvalue weighted by molar-refractivity contribution is 0.174. The zero-order chi connectivity index (χ0) is 21.5. The SMILES string of the molecule is CC1=NC(N)C2(C)N=C(Cc3cc4c(cc3I)OCO4)N(CCCNC(C)C)C2=N1. The van der Waals surface area contributed by atoms with Gasteiger partial charge < -0.3 is 25.4 Å². The number of benzene rings is 1. The van der Waals surface area contributed by atoms with Gasteiger partial charge in [0, 0.05) is 22.6 Å². The number of amidine groups is 3. The average Bonchev–Trinajstić information content (AvgIpc) is 3.22. The van der Waals surface area contributed by atoms with Gasteiger partial charge in [0.05, 0.1) is 0 Å². The summed E-state index contributed by atoms with van der Waals surface area (Å²) in [6, 6.07) is 4.54. The summed E-state index contributed by atoms with van der Waals surface area (Å²) in [6.45, 7) is 10.3. The first-order valence-electron chi connectivity index (χ1n) is 10.3. The number of aliphatic imine (C=N–C) groups is 3. The first kappa shape index (κ1) is 21.5. The van der Waals surface area contributed by atoms with E-state index < -0.39 is 11.7 Å². The average molecular weight is 524 g/mol. The van der Waals surface area contributed by atoms with Crippen LogP contribution in [0.15, 0.2) is 27.1 Å². The molecule has 9 heteroatoms. The summed E-state index contributed by atoms with van der Waals surface area (Å²) < 4.78 is 12.2. The fourth-order valence-electron chi connectivity index (χ4n) is 3.92. The highest BCUT2D eigenvalue weighted by Crippen LogP contribution is 2.37. The van der Waals surface area contributed by atoms with Crippen molar-refractivity contribution in [1.82, 2.24) is 10.2 Å². The van der Waals surface area contributed by atoms with E-state index in [2.05, 4.69) is 57.7 Å². The number of nitrogens with zero attached hydrogens (tertiary/aromatic N) is 4. The van der Waals surface area contributed by atoms with Crippen LogP contribution in [-0.2, 0) is 6.42 Å². The third-order valence-electron chi connectivity index (χ3n) is 5.55. The Labute approximate surface area is 191 Å². The van der Waals surface area contributed by atoms with Crippen LogP contribution in [-0.4, -0.2) is 60.0 Å². The van der Waals surface area contributed by atoms with E-state index in [-0.39, 0.29) is 6.79 Å². The summed E-state index contributed by atoms with van der Waals surface area (Å²) in [5.74, 6) is 4.16. The molecule has 1 aromatic rings. The summed E-state index contributed by atoms with van der Waals surface area (Å²) in [5.41, 5.74) is 6.92. The summed E-state index contributed by atoms with van der Waals surface area (Å²) in [7, 11) is 0. The van der Waals surface area contributed by atoms with Crippen LogP contribution in [0.5, 0.6) is 11.5 Å². The molecule has 3 aliphatic rings. The van der Waals surface area contributed by atoms with Crippen molar-refractivity contribution in [3.8, 4) is 11.5 Å². The Balaban J connectivity index is 1.62. The highest BCUT2D eigenvalue weighted by atomic mass is 127. The second-order valence-corrected chi connectivity index (χ2v) is 9.48. The minimum Gasteiger partial charge on any atom is -0.454 e. The van der Waals surface area contributed by atoms with Crippen molar-refractivity contribution < 1.29 is 9.47 Å². The molecule has 0 aromatic heterocycles. The Hall–Kier alpha value is -1.72. The molecule has 0 aliphatic carbocycles. The summed E-state index contributed by atoms with van der Waals surface area (Å²) in [4.78, 5) is 16.5. The summed E-state index contributed by atoms with van der Waals surface area (Å²) in [6.07, 6.45) is 1.22. The van der Waals surface area contributed by atoms with Crippen molar-refractivity contribution in [2.24, 2.45) is 20.7 Å². The number of rotatable bonds is 7. The molecule has 4 rings (SSSR count). The van der Waals surface area contributed by atoms with Gasteiger partial charge >= 0.3 is 0 Å². The lowest BCUT2D eigenvalue weighted by atomic mass is 9.97. The number of nitrogens with one attached hydrogen (secondary N) is 1. The van der Waals surface area contributed by atoms with E-state index in [1.165, 1.54) is 0 Å². The van der Waals surface area contributed by atoms with Gasteiger partial charge in [0.1, 0.15) is 23.7 Å². The maximum Gasteiger partial charge on any atom is 0.231 e. The van der Waals surface area contributed by atoms with Crippen molar-refractivity contribution in [2.45, 2.75) is 58.3 Å². The molecule has 0 spiro atoms. The molecule has 0 radical (unpaired) electrons. The maximum atomic E-state index is 6.41. The van der Waals surface area contributed by atoms with E-state index >= 15 is 0 Å². The van der Waals surface area contributed by atoms with Crippen LogP contribution in [0.1, 0.15) is 39.7 Å². The molecule has 0 fully saturated rings. The number of nitrogens with two attached hydrogens (primary N) is 1. The fraction of sp³-hybridized carbons (Fsp3) is 0.571. The van der Waals surface area contributed by atoms with Crippen molar-refractivity contribution in [1.29, 1.82) is 0 Å². The molecular weight excluding hydrogens is 495 g/mol. The molecule has 0 amide bonds. The molecule has 8 nitrogen and oxygen atoms in total. The predicted octanol–water partition coefficient (Wildman–Crippen LogP) is 2.54. The second kappa shape index (κ2) is 8.43. The van der Waals surface area contributed by atoms with Gasteiger partial charge in [-0.2, -0.15) is 0 Å². The van der Waals surface area contributed by atoms with Gasteiger partial charge in [-0.15, -0.1) is 0 Å². The summed E-state index contributed by atoms with van der Waals surface area (Å²) >= 11 is 2.34. The Morgan fingerprint density at radius 2 is 2.07 bits per heavy atom. The zero-order valence-electron chi connectivity index (χ0n) is 17.9. The quantitative estimate of drug-likeness (QED) is 0.422. The van der Waals surface area contributed by atoms with E-state index in [0.717, 1.165) is 51.8 Å². The van der Waals surface area contributed by atoms with E-state index in [1.54, 1.807) is 0 Å². The Morgan fingerprint density at radius 1 is 1.33 bits per heavy atom. The second-order valence-electron chi connectivity index (χ2n) is 8.32. The topological polar surface area (TPSA) is 96.8 Å². The maximum absolute atomic E-state index is 6.41. The third kappa shape index (κ3) is 4.06. The monoisotopic (exact) mass is 524 g/mol. The fourth-order valence-corrected chi connectivity index (χ4v) is 4.55. The smallest absolute Gasteiger partial charge is 0.231 e. The van der Waals surface area contributed by atoms with Crippen molar-refractivity contribution >= 4 is 40.1 Å². The molecule has 3 aliphatic heterocycles. The van der Waals surface area contributed by atoms with Crippen molar-refractivity contribution in [2.75, 3.05) is 19.9 Å². The Bertz CT molecular complexity index is 928. The number of ether oxygens (including phenoxy) is 2. The lowest BCUT2D eigenvalue weighted by Gasteiger charge is -2.32. The van der Waals surface area contributed by atoms with Crippen LogP contribution in [0, 0.1) is 3.57 Å². The number of halogens is 1. The first-order chi connectivity index (χ1) is 14.3. The first-order valence-corrected chi connectivity index (χ1v) is 11.4. The predicted molar refractivity (Wildman–Crippen MR) is 128 cm³/mol. The van der Waals surface area contributed by atoms with Gasteiger partial charge in [-0.3, -0.25) is 4.99 Å². The van der Waals surface area contributed by atoms with E-state index in [4.69, 9.17) is 25.2 Å². The standard InChI is InChI=1S/C21H29IN6O2/c1-12(2)24-6-5-7-28-18(27-21(4)19(23)25-13(3)26-20(21)28)9-14-8-16-17(10-15(14)22)30-11-29-16/h8,10,12,19,24H,5-7,9,11,23H2,1-4H3. The van der Waals surface area contributed by atoms with E-state index in [0.29, 0.717) is 18.3 Å². The van der Waals surface area contributed by atoms with Gasteiger partial charge in [0.25, 0.3) is 0 Å². The van der Waals surface area contributed by atoms with Gasteiger partial charge in [0.15, 0.2) is 17.0 Å². The van der Waals surface area contributed by atoms with Crippen LogP contribution in [0.3, 0.4) is 0 Å². The molecule has 162 valence electrons. The Morgan fingerprint density at radius 3 is 2.80 bits per heavy atom. The molecule has 2 atom stereocenters. The number of fused-ring (bicyclic) bond motifs is 2. The van der Waals surface area contributed by atoms with Gasteiger partial charge in [-0.25, -0.2) is 9.98 Å². The van der Waals surface area contributed by atoms with Crippen LogP contribution in [0.25, 0.3) is 0 Å². The number of hydrogen-bond acceptors (Lipinski definition) is 8. The molecule has 3 N–H and O–H groups in total. The van der Waals surface area contributed by atoms with Crippen LogP contribution in [0.4, 0.5) is 0 Å². The van der Waals surface area contributed by atoms with E-state index in [1.807, 2.05) is 19.9 Å². The van der Waals surface area contributed by atoms with Crippen LogP contribution >= 0.6 is 22.6 Å². The van der Waals surface area contributed by atoms with Gasteiger partial charge in [0.2, 0.25) is 6.79 Å². The summed E-state index contributed by atoms with van der Waals surface area (Å²) in [5, 5.41) is 3.48. The third-order valence-corrected chi connectivity index (χ3v) is 6.56. The molecular formula is C21H29IN6O2.